The lowest BCUT2D eigenvalue weighted by atomic mass is 9.84. The quantitative estimate of drug-likeness (QED) is 0.758. The Kier molecular flexibility index (Phi) is 6.06. The lowest BCUT2D eigenvalue weighted by molar-refractivity contribution is -0.146. The van der Waals surface area contributed by atoms with Gasteiger partial charge in [0.2, 0.25) is 0 Å². The molecule has 2 saturated carbocycles. The van der Waals surface area contributed by atoms with Gasteiger partial charge in [0, 0.05) is 6.04 Å². The first-order chi connectivity index (χ1) is 10.1. The zero-order valence-electron chi connectivity index (χ0n) is 13.7. The molecule has 0 aromatic rings. The molecule has 122 valence electrons. The SMILES string of the molecule is CCN(CCC1CCCC1(NC)C(=O)O)C1CCCCC1. The molecule has 2 aliphatic carbocycles. The standard InChI is InChI=1S/C17H32N2O2/c1-3-19(15-9-5-4-6-10-15)13-11-14-8-7-12-17(14,18-2)16(20)21/h14-15,18H,3-13H2,1-2H3,(H,20,21). The van der Waals surface area contributed by atoms with Gasteiger partial charge < -0.3 is 15.3 Å². The third-order valence-corrected chi connectivity index (χ3v) is 5.91. The molecule has 2 atom stereocenters. The average Bonchev–Trinajstić information content (AvgIpc) is 2.93. The highest BCUT2D eigenvalue weighted by molar-refractivity contribution is 5.79. The molecule has 0 heterocycles. The minimum absolute atomic E-state index is 0.276. The van der Waals surface area contributed by atoms with Gasteiger partial charge in [-0.2, -0.15) is 0 Å². The molecule has 4 heteroatoms. The summed E-state index contributed by atoms with van der Waals surface area (Å²) in [5.41, 5.74) is -0.675. The summed E-state index contributed by atoms with van der Waals surface area (Å²) in [5, 5.41) is 12.8. The summed E-state index contributed by atoms with van der Waals surface area (Å²) in [6, 6.07) is 0.735. The number of hydrogen-bond donors (Lipinski definition) is 2. The third kappa shape index (κ3) is 3.59. The molecule has 2 N–H and O–H groups in total. The molecule has 0 aliphatic heterocycles. The second-order valence-corrected chi connectivity index (χ2v) is 6.82. The summed E-state index contributed by atoms with van der Waals surface area (Å²) < 4.78 is 0. The van der Waals surface area contributed by atoms with Crippen LogP contribution in [-0.4, -0.2) is 47.7 Å². The van der Waals surface area contributed by atoms with Gasteiger partial charge in [-0.05, 0) is 58.2 Å². The van der Waals surface area contributed by atoms with Gasteiger partial charge in [0.05, 0.1) is 0 Å². The van der Waals surface area contributed by atoms with E-state index in [1.165, 1.54) is 32.1 Å². The molecular weight excluding hydrogens is 264 g/mol. The molecule has 2 fully saturated rings. The number of nitrogens with one attached hydrogen (secondary N) is 1. The number of aliphatic carboxylic acids is 1. The molecule has 0 saturated heterocycles. The van der Waals surface area contributed by atoms with Crippen LogP contribution in [-0.2, 0) is 4.79 Å². The minimum atomic E-state index is -0.675. The fraction of sp³-hybridized carbons (Fsp3) is 0.941. The molecule has 0 amide bonds. The van der Waals surface area contributed by atoms with Gasteiger partial charge in [-0.15, -0.1) is 0 Å². The fourth-order valence-corrected chi connectivity index (χ4v) is 4.55. The van der Waals surface area contributed by atoms with Gasteiger partial charge >= 0.3 is 5.97 Å². The van der Waals surface area contributed by atoms with E-state index in [0.29, 0.717) is 0 Å². The van der Waals surface area contributed by atoms with E-state index in [-0.39, 0.29) is 5.92 Å². The number of carbonyl (C=O) groups is 1. The van der Waals surface area contributed by atoms with Crippen LogP contribution in [0.15, 0.2) is 0 Å². The van der Waals surface area contributed by atoms with Crippen LogP contribution in [0, 0.1) is 5.92 Å². The van der Waals surface area contributed by atoms with Gasteiger partial charge in [-0.25, -0.2) is 0 Å². The summed E-state index contributed by atoms with van der Waals surface area (Å²) in [5.74, 6) is -0.383. The third-order valence-electron chi connectivity index (χ3n) is 5.91. The zero-order valence-corrected chi connectivity index (χ0v) is 13.7. The van der Waals surface area contributed by atoms with E-state index in [9.17, 15) is 9.90 Å². The van der Waals surface area contributed by atoms with E-state index in [1.807, 2.05) is 7.05 Å². The Labute approximate surface area is 129 Å². The topological polar surface area (TPSA) is 52.6 Å². The Bertz CT molecular complexity index is 342. The van der Waals surface area contributed by atoms with Crippen molar-refractivity contribution < 1.29 is 9.90 Å². The number of carboxylic acids is 1. The molecule has 0 spiro atoms. The van der Waals surface area contributed by atoms with Crippen molar-refractivity contribution in [2.24, 2.45) is 5.92 Å². The van der Waals surface area contributed by atoms with Crippen LogP contribution in [0.2, 0.25) is 0 Å². The van der Waals surface area contributed by atoms with Gasteiger partial charge in [0.25, 0.3) is 0 Å². The maximum Gasteiger partial charge on any atom is 0.324 e. The Hall–Kier alpha value is -0.610. The van der Waals surface area contributed by atoms with E-state index in [4.69, 9.17) is 0 Å². The monoisotopic (exact) mass is 296 g/mol. The van der Waals surface area contributed by atoms with Crippen molar-refractivity contribution in [2.75, 3.05) is 20.1 Å². The first-order valence-corrected chi connectivity index (χ1v) is 8.80. The summed E-state index contributed by atoms with van der Waals surface area (Å²) >= 11 is 0. The molecule has 0 radical (unpaired) electrons. The number of nitrogens with zero attached hydrogens (tertiary/aromatic N) is 1. The van der Waals surface area contributed by atoms with Crippen molar-refractivity contribution in [3.8, 4) is 0 Å². The molecule has 2 aliphatic rings. The normalized spacial score (nSPS) is 30.9. The lowest BCUT2D eigenvalue weighted by Gasteiger charge is -2.36. The van der Waals surface area contributed by atoms with E-state index in [2.05, 4.69) is 17.1 Å². The Morgan fingerprint density at radius 3 is 2.52 bits per heavy atom. The Morgan fingerprint density at radius 2 is 1.95 bits per heavy atom. The van der Waals surface area contributed by atoms with E-state index >= 15 is 0 Å². The molecule has 4 nitrogen and oxygen atoms in total. The molecule has 0 aromatic carbocycles. The van der Waals surface area contributed by atoms with Crippen LogP contribution >= 0.6 is 0 Å². The van der Waals surface area contributed by atoms with Crippen molar-refractivity contribution in [1.82, 2.24) is 10.2 Å². The summed E-state index contributed by atoms with van der Waals surface area (Å²) in [7, 11) is 1.81. The van der Waals surface area contributed by atoms with E-state index < -0.39 is 11.5 Å². The minimum Gasteiger partial charge on any atom is -0.480 e. The summed E-state index contributed by atoms with van der Waals surface area (Å²) in [6.45, 7) is 4.39. The highest BCUT2D eigenvalue weighted by Gasteiger charge is 2.47. The van der Waals surface area contributed by atoms with Crippen molar-refractivity contribution >= 4 is 5.97 Å². The van der Waals surface area contributed by atoms with Gasteiger partial charge in [-0.3, -0.25) is 4.79 Å². The van der Waals surface area contributed by atoms with Gasteiger partial charge in [-0.1, -0.05) is 32.6 Å². The van der Waals surface area contributed by atoms with Gasteiger partial charge in [0.1, 0.15) is 5.54 Å². The van der Waals surface area contributed by atoms with Crippen LogP contribution < -0.4 is 5.32 Å². The van der Waals surface area contributed by atoms with Crippen LogP contribution in [0.1, 0.15) is 64.7 Å². The highest BCUT2D eigenvalue weighted by Crippen LogP contribution is 2.38. The maximum absolute atomic E-state index is 11.7. The molecule has 2 rings (SSSR count). The average molecular weight is 296 g/mol. The molecule has 2 unspecified atom stereocenters. The molecule has 0 aromatic heterocycles. The molecule has 0 bridgehead atoms. The van der Waals surface area contributed by atoms with Gasteiger partial charge in [0.15, 0.2) is 0 Å². The summed E-state index contributed by atoms with van der Waals surface area (Å²) in [4.78, 5) is 14.3. The predicted molar refractivity (Wildman–Crippen MR) is 85.5 cm³/mol. The number of likely N-dealkylation sites (N-methyl/N-ethyl adjacent to an activating group) is 1. The van der Waals surface area contributed by atoms with Crippen LogP contribution in [0.5, 0.6) is 0 Å². The van der Waals surface area contributed by atoms with Crippen molar-refractivity contribution in [2.45, 2.75) is 76.3 Å². The van der Waals surface area contributed by atoms with Crippen LogP contribution in [0.3, 0.4) is 0 Å². The second kappa shape index (κ2) is 7.59. The lowest BCUT2D eigenvalue weighted by Crippen LogP contribution is -2.54. The van der Waals surface area contributed by atoms with Crippen LogP contribution in [0.25, 0.3) is 0 Å². The smallest absolute Gasteiger partial charge is 0.324 e. The Morgan fingerprint density at radius 1 is 1.24 bits per heavy atom. The summed E-state index contributed by atoms with van der Waals surface area (Å²) in [6.07, 6.45) is 10.6. The zero-order chi connectivity index (χ0) is 15.3. The molecule has 21 heavy (non-hydrogen) atoms. The highest BCUT2D eigenvalue weighted by atomic mass is 16.4. The molecular formula is C17H32N2O2. The number of rotatable bonds is 7. The Balaban J connectivity index is 1.92. The number of hydrogen-bond acceptors (Lipinski definition) is 3. The first kappa shape index (κ1) is 16.8. The maximum atomic E-state index is 11.7. The first-order valence-electron chi connectivity index (χ1n) is 8.80. The van der Waals surface area contributed by atoms with Crippen molar-refractivity contribution in [1.29, 1.82) is 0 Å². The largest absolute Gasteiger partial charge is 0.480 e. The predicted octanol–water partition coefficient (Wildman–Crippen LogP) is 2.87. The van der Waals surface area contributed by atoms with Crippen LogP contribution in [0.4, 0.5) is 0 Å². The second-order valence-electron chi connectivity index (χ2n) is 6.82. The number of carboxylic acid groups (broad SMARTS) is 1. The fourth-order valence-electron chi connectivity index (χ4n) is 4.55. The van der Waals surface area contributed by atoms with E-state index in [0.717, 1.165) is 44.8 Å². The van der Waals surface area contributed by atoms with Crippen molar-refractivity contribution in [3.63, 3.8) is 0 Å². The van der Waals surface area contributed by atoms with Crippen molar-refractivity contribution in [3.05, 3.63) is 0 Å². The van der Waals surface area contributed by atoms with E-state index in [1.54, 1.807) is 0 Å².